The van der Waals surface area contributed by atoms with Gasteiger partial charge in [-0.05, 0) is 65.4 Å². The number of amides is 1. The van der Waals surface area contributed by atoms with Crippen LogP contribution in [-0.2, 0) is 4.43 Å². The van der Waals surface area contributed by atoms with Crippen molar-refractivity contribution in [3.8, 4) is 0 Å². The summed E-state index contributed by atoms with van der Waals surface area (Å²) in [5.74, 6) is -0.440. The lowest BCUT2D eigenvalue weighted by Crippen LogP contribution is -2.67. The molecule has 224 valence electrons. The molecule has 7 nitrogen and oxygen atoms in total. The molecule has 3 heterocycles. The van der Waals surface area contributed by atoms with Gasteiger partial charge in [0.1, 0.15) is 11.2 Å². The Bertz CT molecular complexity index is 1760. The highest BCUT2D eigenvalue weighted by molar-refractivity contribution is 6.99. The average Bonchev–Trinajstić information content (AvgIpc) is 3.05. The van der Waals surface area contributed by atoms with E-state index in [1.165, 1.54) is 10.4 Å². The lowest BCUT2D eigenvalue weighted by atomic mass is 9.92. The van der Waals surface area contributed by atoms with Crippen molar-refractivity contribution in [2.75, 3.05) is 5.32 Å². The largest absolute Gasteiger partial charge is 0.404 e. The fourth-order valence-electron chi connectivity index (χ4n) is 6.64. The summed E-state index contributed by atoms with van der Waals surface area (Å²) in [5, 5.41) is 5.75. The number of hydrogen-bond donors (Lipinski definition) is 1. The van der Waals surface area contributed by atoms with Gasteiger partial charge < -0.3 is 14.3 Å². The number of anilines is 1. The number of nitrogens with one attached hydrogen (secondary N) is 1. The molecule has 0 aliphatic heterocycles. The zero-order valence-corrected chi connectivity index (χ0v) is 26.4. The molecule has 6 rings (SSSR count). The zero-order valence-electron chi connectivity index (χ0n) is 25.4. The number of nitrogens with zero attached hydrogens (tertiary/aromatic N) is 3. The second kappa shape index (κ2) is 12.3. The van der Waals surface area contributed by atoms with Crippen LogP contribution in [0.1, 0.15) is 62.9 Å². The van der Waals surface area contributed by atoms with Gasteiger partial charge in [-0.3, -0.25) is 14.6 Å². The van der Waals surface area contributed by atoms with Gasteiger partial charge in [0.25, 0.3) is 14.2 Å². The predicted octanol–water partition coefficient (Wildman–Crippen LogP) is 6.10. The maximum absolute atomic E-state index is 13.4. The van der Waals surface area contributed by atoms with Crippen LogP contribution < -0.4 is 21.1 Å². The molecule has 0 spiro atoms. The third-order valence-electron chi connectivity index (χ3n) is 8.77. The second-order valence-electron chi connectivity index (χ2n) is 12.6. The summed E-state index contributed by atoms with van der Waals surface area (Å²) in [5.41, 5.74) is 0.977. The number of rotatable bonds is 7. The van der Waals surface area contributed by atoms with Gasteiger partial charge >= 0.3 is 0 Å². The summed E-state index contributed by atoms with van der Waals surface area (Å²) in [6.07, 6.45) is 10.1. The van der Waals surface area contributed by atoms with Crippen LogP contribution >= 0.6 is 0 Å². The van der Waals surface area contributed by atoms with Gasteiger partial charge in [-0.15, -0.1) is 0 Å². The Morgan fingerprint density at radius 3 is 2.05 bits per heavy atom. The molecule has 0 saturated heterocycles. The first-order valence-corrected chi connectivity index (χ1v) is 17.2. The summed E-state index contributed by atoms with van der Waals surface area (Å²) in [6.45, 7) is 6.92. The number of carbonyl (C=O) groups excluding carboxylic acids is 1. The Morgan fingerprint density at radius 2 is 1.45 bits per heavy atom. The molecule has 1 fully saturated rings. The molecule has 0 unspecified atom stereocenters. The van der Waals surface area contributed by atoms with Crippen LogP contribution in [0.15, 0.2) is 115 Å². The topological polar surface area (TPSA) is 86.1 Å². The molecule has 0 bridgehead atoms. The lowest BCUT2D eigenvalue weighted by molar-refractivity contribution is 0.102. The molecular weight excluding hydrogens is 565 g/mol. The Labute approximate surface area is 259 Å². The SMILES string of the molecule is CC(C)(C)[Si](O[C@H]1CC[C@H](n2cc(C(=O)Nc3ccncc3)c(=O)c3cccnc32)CC1)(c1ccccc1)c1ccccc1. The quantitative estimate of drug-likeness (QED) is 0.228. The molecular formula is C36H38N4O3Si. The van der Waals surface area contributed by atoms with E-state index in [-0.39, 0.29) is 28.2 Å². The molecule has 0 atom stereocenters. The summed E-state index contributed by atoms with van der Waals surface area (Å²) >= 11 is 0. The minimum absolute atomic E-state index is 0.0829. The molecule has 1 saturated carbocycles. The molecule has 2 aromatic carbocycles. The Hall–Kier alpha value is -4.40. The zero-order chi connectivity index (χ0) is 30.7. The molecule has 1 aliphatic rings. The van der Waals surface area contributed by atoms with Crippen LogP contribution in [0.5, 0.6) is 0 Å². The van der Waals surface area contributed by atoms with Crippen molar-refractivity contribution < 1.29 is 9.22 Å². The van der Waals surface area contributed by atoms with Crippen molar-refractivity contribution in [2.24, 2.45) is 0 Å². The highest BCUT2D eigenvalue weighted by atomic mass is 28.4. The third-order valence-corrected chi connectivity index (χ3v) is 13.9. The van der Waals surface area contributed by atoms with E-state index in [2.05, 4.69) is 96.7 Å². The number of aromatic nitrogens is 3. The average molecular weight is 603 g/mol. The summed E-state index contributed by atoms with van der Waals surface area (Å²) < 4.78 is 9.47. The van der Waals surface area contributed by atoms with Crippen LogP contribution in [0.4, 0.5) is 5.69 Å². The van der Waals surface area contributed by atoms with Gasteiger partial charge in [0.05, 0.1) is 5.39 Å². The van der Waals surface area contributed by atoms with Gasteiger partial charge in [0.15, 0.2) is 0 Å². The Morgan fingerprint density at radius 1 is 0.841 bits per heavy atom. The van der Waals surface area contributed by atoms with Crippen molar-refractivity contribution in [1.29, 1.82) is 0 Å². The van der Waals surface area contributed by atoms with Gasteiger partial charge in [0, 0.05) is 42.6 Å². The van der Waals surface area contributed by atoms with E-state index >= 15 is 0 Å². The van der Waals surface area contributed by atoms with Gasteiger partial charge in [-0.25, -0.2) is 4.98 Å². The van der Waals surface area contributed by atoms with E-state index in [1.54, 1.807) is 49.1 Å². The highest BCUT2D eigenvalue weighted by Crippen LogP contribution is 2.40. The van der Waals surface area contributed by atoms with Gasteiger partial charge in [-0.1, -0.05) is 81.4 Å². The van der Waals surface area contributed by atoms with Crippen LogP contribution in [0.2, 0.25) is 5.04 Å². The first-order valence-electron chi connectivity index (χ1n) is 15.3. The minimum Gasteiger partial charge on any atom is -0.404 e. The predicted molar refractivity (Wildman–Crippen MR) is 178 cm³/mol. The molecule has 1 amide bonds. The molecule has 1 N–H and O–H groups in total. The highest BCUT2D eigenvalue weighted by Gasteiger charge is 2.51. The Balaban J connectivity index is 1.30. The van der Waals surface area contributed by atoms with E-state index in [4.69, 9.17) is 4.43 Å². The number of hydrogen-bond acceptors (Lipinski definition) is 5. The van der Waals surface area contributed by atoms with E-state index in [1.807, 2.05) is 4.57 Å². The Kier molecular flexibility index (Phi) is 8.29. The fourth-order valence-corrected chi connectivity index (χ4v) is 11.4. The number of benzene rings is 2. The monoisotopic (exact) mass is 602 g/mol. The molecule has 44 heavy (non-hydrogen) atoms. The third kappa shape index (κ3) is 5.63. The van der Waals surface area contributed by atoms with Crippen LogP contribution in [-0.4, -0.2) is 34.9 Å². The van der Waals surface area contributed by atoms with Crippen molar-refractivity contribution in [2.45, 2.75) is 63.6 Å². The van der Waals surface area contributed by atoms with Gasteiger partial charge in [0.2, 0.25) is 5.43 Å². The van der Waals surface area contributed by atoms with Gasteiger partial charge in [-0.2, -0.15) is 0 Å². The molecule has 5 aromatic rings. The summed E-state index contributed by atoms with van der Waals surface area (Å²) in [7, 11) is -2.67. The maximum Gasteiger partial charge on any atom is 0.261 e. The number of carbonyl (C=O) groups is 1. The van der Waals surface area contributed by atoms with E-state index in [9.17, 15) is 9.59 Å². The number of pyridine rings is 3. The first kappa shape index (κ1) is 29.7. The van der Waals surface area contributed by atoms with Crippen LogP contribution in [0, 0.1) is 0 Å². The first-order chi connectivity index (χ1) is 21.3. The molecule has 0 radical (unpaired) electrons. The van der Waals surface area contributed by atoms with Crippen molar-refractivity contribution >= 4 is 41.3 Å². The standard InChI is InChI=1S/C36H38N4O3Si/c1-36(2,3)44(29-11-6-4-7-12-29,30-13-8-5-9-14-30)43-28-18-16-27(17-19-28)40-25-32(33(41)31-15-10-22-38-34(31)40)35(42)39-26-20-23-37-24-21-26/h4-15,20-25,27-28H,16-19H2,1-3H3,(H,37,39,42)/t27-,28-. The molecule has 1 aliphatic carbocycles. The summed E-state index contributed by atoms with van der Waals surface area (Å²) in [4.78, 5) is 35.3. The van der Waals surface area contributed by atoms with E-state index < -0.39 is 14.2 Å². The maximum atomic E-state index is 13.4. The molecule has 8 heteroatoms. The van der Waals surface area contributed by atoms with Crippen molar-refractivity contribution in [3.05, 3.63) is 126 Å². The lowest BCUT2D eigenvalue weighted by Gasteiger charge is -2.46. The fraction of sp³-hybridized carbons (Fsp3) is 0.278. The number of fused-ring (bicyclic) bond motifs is 1. The van der Waals surface area contributed by atoms with Crippen LogP contribution in [0.3, 0.4) is 0 Å². The normalized spacial score (nSPS) is 17.3. The van der Waals surface area contributed by atoms with Crippen molar-refractivity contribution in [3.63, 3.8) is 0 Å². The molecule has 3 aromatic heterocycles. The smallest absolute Gasteiger partial charge is 0.261 e. The minimum atomic E-state index is -2.67. The van der Waals surface area contributed by atoms with Crippen molar-refractivity contribution in [1.82, 2.24) is 14.5 Å². The van der Waals surface area contributed by atoms with E-state index in [0.717, 1.165) is 25.7 Å². The second-order valence-corrected chi connectivity index (χ2v) is 16.8. The van der Waals surface area contributed by atoms with Crippen LogP contribution in [0.25, 0.3) is 11.0 Å². The van der Waals surface area contributed by atoms with E-state index in [0.29, 0.717) is 16.7 Å². The summed E-state index contributed by atoms with van der Waals surface area (Å²) in [6, 6.07) is 28.5.